The minimum atomic E-state index is -3.65. The topological polar surface area (TPSA) is 58.6 Å². The van der Waals surface area contributed by atoms with E-state index in [4.69, 9.17) is 4.74 Å². The minimum Gasteiger partial charge on any atom is -0.490 e. The first-order valence-electron chi connectivity index (χ1n) is 7.18. The molecule has 2 aromatic rings. The first kappa shape index (κ1) is 15.8. The molecular formula is C16H17FN2O3S. The van der Waals surface area contributed by atoms with Crippen LogP contribution in [0.2, 0.25) is 0 Å². The van der Waals surface area contributed by atoms with Crippen molar-refractivity contribution in [1.29, 1.82) is 0 Å². The highest BCUT2D eigenvalue weighted by molar-refractivity contribution is 7.89. The molecule has 2 aromatic carbocycles. The highest BCUT2D eigenvalue weighted by Crippen LogP contribution is 2.32. The summed E-state index contributed by atoms with van der Waals surface area (Å²) in [5.41, 5.74) is 1.44. The highest BCUT2D eigenvalue weighted by Gasteiger charge is 2.20. The number of nitrogens with one attached hydrogen (secondary N) is 1. The second kappa shape index (κ2) is 6.17. The van der Waals surface area contributed by atoms with Gasteiger partial charge in [0.15, 0.2) is 0 Å². The first-order chi connectivity index (χ1) is 11.0. The number of anilines is 1. The predicted molar refractivity (Wildman–Crippen MR) is 85.6 cm³/mol. The SMILES string of the molecule is CN1CCOc2ccc(S(=O)(=O)NCc3ccc(F)cc3)cc21. The number of sulfonamides is 1. The Kier molecular flexibility index (Phi) is 4.23. The Morgan fingerprint density at radius 3 is 2.70 bits per heavy atom. The van der Waals surface area contributed by atoms with Gasteiger partial charge in [0.2, 0.25) is 10.0 Å². The number of nitrogens with zero attached hydrogens (tertiary/aromatic N) is 1. The quantitative estimate of drug-likeness (QED) is 0.929. The van der Waals surface area contributed by atoms with E-state index < -0.39 is 10.0 Å². The van der Waals surface area contributed by atoms with Crippen molar-refractivity contribution >= 4 is 15.7 Å². The van der Waals surface area contributed by atoms with Crippen LogP contribution in [0.25, 0.3) is 0 Å². The number of likely N-dealkylation sites (N-methyl/N-ethyl adjacent to an activating group) is 1. The maximum atomic E-state index is 12.9. The molecule has 0 fully saturated rings. The fraction of sp³-hybridized carbons (Fsp3) is 0.250. The van der Waals surface area contributed by atoms with Crippen LogP contribution in [0.1, 0.15) is 5.56 Å². The van der Waals surface area contributed by atoms with Crippen LogP contribution in [0.3, 0.4) is 0 Å². The van der Waals surface area contributed by atoms with Gasteiger partial charge in [-0.3, -0.25) is 0 Å². The molecule has 3 rings (SSSR count). The lowest BCUT2D eigenvalue weighted by atomic mass is 10.2. The van der Waals surface area contributed by atoms with E-state index >= 15 is 0 Å². The predicted octanol–water partition coefficient (Wildman–Crippen LogP) is 2.13. The third kappa shape index (κ3) is 3.46. The van der Waals surface area contributed by atoms with Crippen molar-refractivity contribution in [3.63, 3.8) is 0 Å². The molecule has 1 heterocycles. The number of ether oxygens (including phenoxy) is 1. The average molecular weight is 336 g/mol. The van der Waals surface area contributed by atoms with Crippen molar-refractivity contribution in [2.45, 2.75) is 11.4 Å². The van der Waals surface area contributed by atoms with Gasteiger partial charge >= 0.3 is 0 Å². The van der Waals surface area contributed by atoms with Crippen LogP contribution in [0.15, 0.2) is 47.4 Å². The molecule has 0 bridgehead atoms. The molecule has 122 valence electrons. The van der Waals surface area contributed by atoms with Crippen molar-refractivity contribution in [3.8, 4) is 5.75 Å². The third-order valence-electron chi connectivity index (χ3n) is 3.72. The maximum absolute atomic E-state index is 12.9. The molecule has 0 aliphatic carbocycles. The van der Waals surface area contributed by atoms with Crippen LogP contribution in [0.4, 0.5) is 10.1 Å². The second-order valence-electron chi connectivity index (χ2n) is 5.35. The van der Waals surface area contributed by atoms with Gasteiger partial charge in [-0.2, -0.15) is 0 Å². The van der Waals surface area contributed by atoms with E-state index in [0.717, 1.165) is 5.69 Å². The zero-order valence-electron chi connectivity index (χ0n) is 12.6. The summed E-state index contributed by atoms with van der Waals surface area (Å²) < 4.78 is 45.7. The molecule has 0 aromatic heterocycles. The van der Waals surface area contributed by atoms with Gasteiger partial charge < -0.3 is 9.64 Å². The monoisotopic (exact) mass is 336 g/mol. The van der Waals surface area contributed by atoms with E-state index in [1.165, 1.54) is 18.2 Å². The van der Waals surface area contributed by atoms with Gasteiger partial charge in [-0.15, -0.1) is 0 Å². The van der Waals surface area contributed by atoms with E-state index in [9.17, 15) is 12.8 Å². The number of hydrogen-bond donors (Lipinski definition) is 1. The standard InChI is InChI=1S/C16H17FN2O3S/c1-19-8-9-22-16-7-6-14(10-15(16)19)23(20,21)18-11-12-2-4-13(17)5-3-12/h2-7,10,18H,8-9,11H2,1H3. The summed E-state index contributed by atoms with van der Waals surface area (Å²) in [6.07, 6.45) is 0. The zero-order valence-corrected chi connectivity index (χ0v) is 13.4. The molecular weight excluding hydrogens is 319 g/mol. The second-order valence-corrected chi connectivity index (χ2v) is 7.12. The van der Waals surface area contributed by atoms with Gasteiger partial charge in [0.25, 0.3) is 0 Å². The van der Waals surface area contributed by atoms with Crippen molar-refractivity contribution in [2.24, 2.45) is 0 Å². The third-order valence-corrected chi connectivity index (χ3v) is 5.11. The lowest BCUT2D eigenvalue weighted by Gasteiger charge is -2.28. The molecule has 0 radical (unpaired) electrons. The molecule has 1 aliphatic rings. The number of halogens is 1. The normalized spacial score (nSPS) is 14.3. The number of benzene rings is 2. The Bertz CT molecular complexity index is 807. The number of rotatable bonds is 4. The van der Waals surface area contributed by atoms with Gasteiger partial charge in [0.05, 0.1) is 17.1 Å². The highest BCUT2D eigenvalue weighted by atomic mass is 32.2. The summed E-state index contributed by atoms with van der Waals surface area (Å²) in [5, 5.41) is 0. The summed E-state index contributed by atoms with van der Waals surface area (Å²) in [7, 11) is -1.76. The molecule has 0 atom stereocenters. The van der Waals surface area contributed by atoms with Crippen LogP contribution in [0.5, 0.6) is 5.75 Å². The van der Waals surface area contributed by atoms with Gasteiger partial charge in [-0.05, 0) is 35.9 Å². The fourth-order valence-corrected chi connectivity index (χ4v) is 3.40. The van der Waals surface area contributed by atoms with Gasteiger partial charge in [-0.1, -0.05) is 12.1 Å². The van der Waals surface area contributed by atoms with Gasteiger partial charge in [0, 0.05) is 13.6 Å². The van der Waals surface area contributed by atoms with Crippen LogP contribution in [-0.4, -0.2) is 28.6 Å². The average Bonchev–Trinajstić information content (AvgIpc) is 2.54. The first-order valence-corrected chi connectivity index (χ1v) is 8.66. The smallest absolute Gasteiger partial charge is 0.240 e. The lowest BCUT2D eigenvalue weighted by Crippen LogP contribution is -2.29. The van der Waals surface area contributed by atoms with Gasteiger partial charge in [-0.25, -0.2) is 17.5 Å². The summed E-state index contributed by atoms with van der Waals surface area (Å²) >= 11 is 0. The van der Waals surface area contributed by atoms with E-state index in [-0.39, 0.29) is 17.3 Å². The molecule has 0 unspecified atom stereocenters. The molecule has 23 heavy (non-hydrogen) atoms. The fourth-order valence-electron chi connectivity index (χ4n) is 2.36. The van der Waals surface area contributed by atoms with E-state index in [1.54, 1.807) is 24.3 Å². The Hall–Kier alpha value is -2.12. The summed E-state index contributed by atoms with van der Waals surface area (Å²) in [4.78, 5) is 2.13. The van der Waals surface area contributed by atoms with Crippen LogP contribution in [-0.2, 0) is 16.6 Å². The largest absolute Gasteiger partial charge is 0.490 e. The number of fused-ring (bicyclic) bond motifs is 1. The van der Waals surface area contributed by atoms with E-state index in [1.807, 2.05) is 11.9 Å². The molecule has 1 N–H and O–H groups in total. The summed E-state index contributed by atoms with van der Waals surface area (Å²) in [5.74, 6) is 0.325. The molecule has 7 heteroatoms. The molecule has 0 amide bonds. The van der Waals surface area contributed by atoms with Crippen LogP contribution < -0.4 is 14.4 Å². The zero-order chi connectivity index (χ0) is 16.4. The number of hydrogen-bond acceptors (Lipinski definition) is 4. The van der Waals surface area contributed by atoms with E-state index in [0.29, 0.717) is 24.5 Å². The minimum absolute atomic E-state index is 0.103. The van der Waals surface area contributed by atoms with Crippen molar-refractivity contribution in [3.05, 3.63) is 53.8 Å². The molecule has 1 aliphatic heterocycles. The van der Waals surface area contributed by atoms with Crippen molar-refractivity contribution in [2.75, 3.05) is 25.1 Å². The molecule has 5 nitrogen and oxygen atoms in total. The maximum Gasteiger partial charge on any atom is 0.240 e. The molecule has 0 spiro atoms. The summed E-state index contributed by atoms with van der Waals surface area (Å²) in [6.45, 7) is 1.39. The summed E-state index contributed by atoms with van der Waals surface area (Å²) in [6, 6.07) is 10.5. The van der Waals surface area contributed by atoms with Gasteiger partial charge in [0.1, 0.15) is 18.2 Å². The Morgan fingerprint density at radius 2 is 1.96 bits per heavy atom. The van der Waals surface area contributed by atoms with Crippen molar-refractivity contribution in [1.82, 2.24) is 4.72 Å². The Balaban J connectivity index is 1.79. The molecule has 0 saturated heterocycles. The van der Waals surface area contributed by atoms with Crippen LogP contribution >= 0.6 is 0 Å². The molecule has 0 saturated carbocycles. The Labute approximate surface area is 134 Å². The van der Waals surface area contributed by atoms with Crippen LogP contribution in [0, 0.1) is 5.82 Å². The van der Waals surface area contributed by atoms with Crippen molar-refractivity contribution < 1.29 is 17.5 Å². The Morgan fingerprint density at radius 1 is 1.22 bits per heavy atom. The van der Waals surface area contributed by atoms with E-state index in [2.05, 4.69) is 4.72 Å². The lowest BCUT2D eigenvalue weighted by molar-refractivity contribution is 0.311.